The summed E-state index contributed by atoms with van der Waals surface area (Å²) in [6, 6.07) is 0. The van der Waals surface area contributed by atoms with Gasteiger partial charge in [0.25, 0.3) is 0 Å². The quantitative estimate of drug-likeness (QED) is 0.665. The van der Waals surface area contributed by atoms with E-state index in [-0.39, 0.29) is 12.0 Å². The van der Waals surface area contributed by atoms with Gasteiger partial charge in [0.2, 0.25) is 17.8 Å². The molecule has 0 atom stereocenters. The lowest BCUT2D eigenvalue weighted by Gasteiger charge is -2.15. The summed E-state index contributed by atoms with van der Waals surface area (Å²) in [7, 11) is 5.54. The van der Waals surface area contributed by atoms with Crippen LogP contribution in [0, 0.1) is 5.41 Å². The fourth-order valence-electron chi connectivity index (χ4n) is 1.59. The zero-order chi connectivity index (χ0) is 13.2. The van der Waals surface area contributed by atoms with Gasteiger partial charge in [-0.2, -0.15) is 15.0 Å². The first-order chi connectivity index (χ1) is 8.58. The second-order valence-corrected chi connectivity index (χ2v) is 4.94. The molecule has 18 heavy (non-hydrogen) atoms. The van der Waals surface area contributed by atoms with Crippen LogP contribution < -0.4 is 15.5 Å². The lowest BCUT2D eigenvalue weighted by molar-refractivity contribution is 0.219. The molecule has 0 aromatic carbocycles. The van der Waals surface area contributed by atoms with Crippen LogP contribution >= 0.6 is 0 Å². The molecule has 0 aliphatic heterocycles. The Kier molecular flexibility index (Phi) is 3.51. The minimum Gasteiger partial charge on any atom is -0.396 e. The summed E-state index contributed by atoms with van der Waals surface area (Å²) in [5, 5.41) is 15.4. The maximum atomic E-state index is 9.26. The molecule has 0 unspecified atom stereocenters. The van der Waals surface area contributed by atoms with E-state index in [9.17, 15) is 5.11 Å². The smallest absolute Gasteiger partial charge is 0.231 e. The first-order valence-electron chi connectivity index (χ1n) is 6.04. The Hall–Kier alpha value is -1.63. The SMILES string of the molecule is CNc1nc(NCC2(CO)CC2)nc(N(C)C)n1. The van der Waals surface area contributed by atoms with E-state index in [0.29, 0.717) is 24.4 Å². The molecule has 0 radical (unpaired) electrons. The predicted molar refractivity (Wildman–Crippen MR) is 70.9 cm³/mol. The van der Waals surface area contributed by atoms with Crippen molar-refractivity contribution in [1.82, 2.24) is 15.0 Å². The van der Waals surface area contributed by atoms with E-state index in [1.165, 1.54) is 0 Å². The van der Waals surface area contributed by atoms with Gasteiger partial charge in [0.05, 0.1) is 6.61 Å². The lowest BCUT2D eigenvalue weighted by Crippen LogP contribution is -2.22. The summed E-state index contributed by atoms with van der Waals surface area (Å²) in [6.45, 7) is 0.911. The number of hydrogen-bond donors (Lipinski definition) is 3. The van der Waals surface area contributed by atoms with Gasteiger partial charge in [-0.3, -0.25) is 0 Å². The molecule has 1 heterocycles. The van der Waals surface area contributed by atoms with Crippen molar-refractivity contribution in [3.8, 4) is 0 Å². The van der Waals surface area contributed by atoms with Crippen LogP contribution in [-0.2, 0) is 0 Å². The Morgan fingerprint density at radius 1 is 1.22 bits per heavy atom. The average molecular weight is 252 g/mol. The first-order valence-corrected chi connectivity index (χ1v) is 6.04. The molecular weight excluding hydrogens is 232 g/mol. The molecule has 0 bridgehead atoms. The Balaban J connectivity index is 2.09. The molecule has 1 aromatic rings. The Morgan fingerprint density at radius 3 is 2.39 bits per heavy atom. The van der Waals surface area contributed by atoms with Gasteiger partial charge in [-0.15, -0.1) is 0 Å². The highest BCUT2D eigenvalue weighted by Gasteiger charge is 2.41. The summed E-state index contributed by atoms with van der Waals surface area (Å²) in [6.07, 6.45) is 2.11. The largest absolute Gasteiger partial charge is 0.396 e. The molecular formula is C11H20N6O. The van der Waals surface area contributed by atoms with Gasteiger partial charge in [-0.25, -0.2) is 0 Å². The lowest BCUT2D eigenvalue weighted by atomic mass is 10.1. The fraction of sp³-hybridized carbons (Fsp3) is 0.727. The number of aliphatic hydroxyl groups is 1. The molecule has 1 fully saturated rings. The molecule has 1 saturated carbocycles. The summed E-state index contributed by atoms with van der Waals surface area (Å²) >= 11 is 0. The van der Waals surface area contributed by atoms with Crippen molar-refractivity contribution in [2.45, 2.75) is 12.8 Å². The van der Waals surface area contributed by atoms with E-state index < -0.39 is 0 Å². The third-order valence-corrected chi connectivity index (χ3v) is 3.16. The van der Waals surface area contributed by atoms with Crippen LogP contribution in [0.5, 0.6) is 0 Å². The molecule has 0 saturated heterocycles. The van der Waals surface area contributed by atoms with Crippen LogP contribution in [0.25, 0.3) is 0 Å². The van der Waals surface area contributed by atoms with E-state index in [2.05, 4.69) is 25.6 Å². The normalized spacial score (nSPS) is 16.2. The molecule has 0 spiro atoms. The predicted octanol–water partition coefficient (Wildman–Crippen LogP) is 0.164. The summed E-state index contributed by atoms with van der Waals surface area (Å²) in [5.74, 6) is 1.67. The van der Waals surface area contributed by atoms with E-state index in [1.807, 2.05) is 19.0 Å². The number of anilines is 3. The van der Waals surface area contributed by atoms with Gasteiger partial charge in [0.1, 0.15) is 0 Å². The zero-order valence-electron chi connectivity index (χ0n) is 11.1. The van der Waals surface area contributed by atoms with Gasteiger partial charge < -0.3 is 20.6 Å². The van der Waals surface area contributed by atoms with E-state index in [4.69, 9.17) is 0 Å². The van der Waals surface area contributed by atoms with Crippen LogP contribution in [-0.4, -0.2) is 54.4 Å². The molecule has 2 rings (SSSR count). The van der Waals surface area contributed by atoms with E-state index in [0.717, 1.165) is 12.8 Å². The van der Waals surface area contributed by atoms with E-state index in [1.54, 1.807) is 7.05 Å². The minimum atomic E-state index is 0.0325. The number of rotatable bonds is 6. The van der Waals surface area contributed by atoms with Crippen molar-refractivity contribution < 1.29 is 5.11 Å². The third-order valence-electron chi connectivity index (χ3n) is 3.16. The van der Waals surface area contributed by atoms with Crippen molar-refractivity contribution in [3.05, 3.63) is 0 Å². The van der Waals surface area contributed by atoms with Gasteiger partial charge >= 0.3 is 0 Å². The highest BCUT2D eigenvalue weighted by atomic mass is 16.3. The molecule has 7 nitrogen and oxygen atoms in total. The van der Waals surface area contributed by atoms with Gasteiger partial charge in [-0.1, -0.05) is 0 Å². The maximum absolute atomic E-state index is 9.26. The fourth-order valence-corrected chi connectivity index (χ4v) is 1.59. The molecule has 3 N–H and O–H groups in total. The monoisotopic (exact) mass is 252 g/mol. The summed E-state index contributed by atoms with van der Waals surface area (Å²) in [5.41, 5.74) is 0.0325. The van der Waals surface area contributed by atoms with Crippen LogP contribution in [0.4, 0.5) is 17.8 Å². The average Bonchev–Trinajstić information content (AvgIpc) is 3.16. The zero-order valence-corrected chi connectivity index (χ0v) is 11.1. The maximum Gasteiger partial charge on any atom is 0.231 e. The van der Waals surface area contributed by atoms with Crippen LogP contribution in [0.1, 0.15) is 12.8 Å². The third kappa shape index (κ3) is 2.79. The van der Waals surface area contributed by atoms with Crippen molar-refractivity contribution >= 4 is 17.8 Å². The Morgan fingerprint density at radius 2 is 1.89 bits per heavy atom. The highest BCUT2D eigenvalue weighted by Crippen LogP contribution is 2.44. The van der Waals surface area contributed by atoms with Crippen molar-refractivity contribution in [2.75, 3.05) is 49.8 Å². The second kappa shape index (κ2) is 4.93. The molecule has 7 heteroatoms. The minimum absolute atomic E-state index is 0.0325. The highest BCUT2D eigenvalue weighted by molar-refractivity contribution is 5.42. The van der Waals surface area contributed by atoms with Crippen molar-refractivity contribution in [3.63, 3.8) is 0 Å². The number of aliphatic hydroxyl groups excluding tert-OH is 1. The van der Waals surface area contributed by atoms with E-state index >= 15 is 0 Å². The van der Waals surface area contributed by atoms with Gasteiger partial charge in [0, 0.05) is 33.1 Å². The summed E-state index contributed by atoms with van der Waals surface area (Å²) < 4.78 is 0. The second-order valence-electron chi connectivity index (χ2n) is 4.94. The summed E-state index contributed by atoms with van der Waals surface area (Å²) in [4.78, 5) is 14.6. The topological polar surface area (TPSA) is 86.2 Å². The Bertz CT molecular complexity index is 418. The van der Waals surface area contributed by atoms with Crippen molar-refractivity contribution in [2.24, 2.45) is 5.41 Å². The Labute approximate surface area is 107 Å². The molecule has 100 valence electrons. The van der Waals surface area contributed by atoms with Crippen molar-refractivity contribution in [1.29, 1.82) is 0 Å². The molecule has 1 aliphatic rings. The number of nitrogens with zero attached hydrogens (tertiary/aromatic N) is 4. The molecule has 1 aromatic heterocycles. The number of nitrogens with one attached hydrogen (secondary N) is 2. The molecule has 0 amide bonds. The van der Waals surface area contributed by atoms with Gasteiger partial charge in [0.15, 0.2) is 0 Å². The number of aromatic nitrogens is 3. The van der Waals surface area contributed by atoms with Crippen LogP contribution in [0.3, 0.4) is 0 Å². The first kappa shape index (κ1) is 12.8. The van der Waals surface area contributed by atoms with Crippen LogP contribution in [0.15, 0.2) is 0 Å². The van der Waals surface area contributed by atoms with Gasteiger partial charge in [-0.05, 0) is 12.8 Å². The standard InChI is InChI=1S/C11H20N6O/c1-12-8-14-9(16-10(15-8)17(2)3)13-6-11(7-18)4-5-11/h18H,4-7H2,1-3H3,(H2,12,13,14,15,16). The molecule has 1 aliphatic carbocycles. The number of hydrogen-bond acceptors (Lipinski definition) is 7. The van der Waals surface area contributed by atoms with Crippen LogP contribution in [0.2, 0.25) is 0 Å².